The first kappa shape index (κ1) is 16.9. The van der Waals surface area contributed by atoms with Gasteiger partial charge in [0, 0.05) is 17.3 Å². The lowest BCUT2D eigenvalue weighted by atomic mass is 10.2. The van der Waals surface area contributed by atoms with Crippen molar-refractivity contribution >= 4 is 34.5 Å². The number of rotatable bonds is 3. The second-order valence-electron chi connectivity index (χ2n) is 5.73. The molecule has 2 heterocycles. The van der Waals surface area contributed by atoms with E-state index in [-0.39, 0.29) is 5.91 Å². The summed E-state index contributed by atoms with van der Waals surface area (Å²) in [6, 6.07) is 12.8. The van der Waals surface area contributed by atoms with Gasteiger partial charge in [-0.05, 0) is 25.1 Å². The van der Waals surface area contributed by atoms with Crippen molar-refractivity contribution in [3.63, 3.8) is 0 Å². The first-order chi connectivity index (χ1) is 12.6. The van der Waals surface area contributed by atoms with Crippen LogP contribution in [0.2, 0.25) is 5.02 Å². The van der Waals surface area contributed by atoms with Gasteiger partial charge in [-0.3, -0.25) is 4.79 Å². The molecule has 1 aliphatic heterocycles. The molecule has 0 saturated heterocycles. The second kappa shape index (κ2) is 6.97. The van der Waals surface area contributed by atoms with Crippen LogP contribution in [0.1, 0.15) is 15.4 Å². The van der Waals surface area contributed by atoms with Crippen LogP contribution in [-0.2, 0) is 0 Å². The van der Waals surface area contributed by atoms with E-state index in [1.54, 1.807) is 18.2 Å². The molecule has 5 nitrogen and oxygen atoms in total. The van der Waals surface area contributed by atoms with Crippen molar-refractivity contribution in [1.82, 2.24) is 4.98 Å². The van der Waals surface area contributed by atoms with E-state index in [2.05, 4.69) is 10.3 Å². The summed E-state index contributed by atoms with van der Waals surface area (Å²) in [5.41, 5.74) is 2.13. The van der Waals surface area contributed by atoms with Crippen LogP contribution in [0.3, 0.4) is 0 Å². The number of aryl methyl sites for hydroxylation is 1. The van der Waals surface area contributed by atoms with Crippen LogP contribution < -0.4 is 14.8 Å². The number of benzene rings is 2. The Hall–Kier alpha value is -2.57. The van der Waals surface area contributed by atoms with Crippen LogP contribution in [0.4, 0.5) is 5.69 Å². The van der Waals surface area contributed by atoms with Crippen LogP contribution in [0, 0.1) is 6.92 Å². The molecule has 3 aromatic rings. The number of fused-ring (bicyclic) bond motifs is 1. The van der Waals surface area contributed by atoms with Gasteiger partial charge in [0.2, 0.25) is 0 Å². The number of aromatic nitrogens is 1. The predicted molar refractivity (Wildman–Crippen MR) is 103 cm³/mol. The van der Waals surface area contributed by atoms with Gasteiger partial charge in [0.25, 0.3) is 5.91 Å². The minimum atomic E-state index is -0.213. The molecule has 132 valence electrons. The van der Waals surface area contributed by atoms with Crippen molar-refractivity contribution in [3.05, 3.63) is 58.1 Å². The van der Waals surface area contributed by atoms with Crippen molar-refractivity contribution in [2.45, 2.75) is 6.92 Å². The molecule has 26 heavy (non-hydrogen) atoms. The molecule has 0 fully saturated rings. The zero-order chi connectivity index (χ0) is 18.1. The minimum Gasteiger partial charge on any atom is -0.486 e. The van der Waals surface area contributed by atoms with Gasteiger partial charge in [0.05, 0.1) is 10.7 Å². The van der Waals surface area contributed by atoms with E-state index >= 15 is 0 Å². The average Bonchev–Trinajstić information content (AvgIpc) is 3.03. The summed E-state index contributed by atoms with van der Waals surface area (Å²) in [7, 11) is 0. The molecule has 0 atom stereocenters. The van der Waals surface area contributed by atoms with Crippen LogP contribution >= 0.6 is 22.9 Å². The van der Waals surface area contributed by atoms with Crippen molar-refractivity contribution in [2.24, 2.45) is 0 Å². The fourth-order valence-electron chi connectivity index (χ4n) is 2.67. The van der Waals surface area contributed by atoms with Crippen molar-refractivity contribution in [1.29, 1.82) is 0 Å². The van der Waals surface area contributed by atoms with Gasteiger partial charge in [-0.15, -0.1) is 11.3 Å². The first-order valence-corrected chi connectivity index (χ1v) is 9.24. The summed E-state index contributed by atoms with van der Waals surface area (Å²) in [5.74, 6) is 1.10. The summed E-state index contributed by atoms with van der Waals surface area (Å²) < 4.78 is 11.0. The summed E-state index contributed by atoms with van der Waals surface area (Å²) in [6.45, 7) is 2.85. The number of carbonyl (C=O) groups excluding carboxylic acids is 1. The molecule has 0 radical (unpaired) electrons. The molecule has 4 rings (SSSR count). The van der Waals surface area contributed by atoms with E-state index in [0.717, 1.165) is 10.6 Å². The monoisotopic (exact) mass is 386 g/mol. The van der Waals surface area contributed by atoms with E-state index in [1.165, 1.54) is 11.3 Å². The number of ether oxygens (including phenoxy) is 2. The van der Waals surface area contributed by atoms with E-state index in [9.17, 15) is 4.79 Å². The SMILES string of the molecule is Cc1nc(-c2ccccc2Cl)sc1C(=O)Nc1ccc2c(c1)OCCO2. The second-order valence-corrected chi connectivity index (χ2v) is 7.13. The molecular weight excluding hydrogens is 372 g/mol. The molecule has 1 N–H and O–H groups in total. The number of halogens is 1. The fourth-order valence-corrected chi connectivity index (χ4v) is 3.95. The normalized spacial score (nSPS) is 12.7. The summed E-state index contributed by atoms with van der Waals surface area (Å²) in [5, 5.41) is 4.23. The molecule has 0 bridgehead atoms. The summed E-state index contributed by atoms with van der Waals surface area (Å²) >= 11 is 7.56. The van der Waals surface area contributed by atoms with Crippen LogP contribution in [0.5, 0.6) is 11.5 Å². The average molecular weight is 387 g/mol. The van der Waals surface area contributed by atoms with Gasteiger partial charge in [0.1, 0.15) is 23.1 Å². The van der Waals surface area contributed by atoms with Gasteiger partial charge in [-0.25, -0.2) is 4.98 Å². The van der Waals surface area contributed by atoms with E-state index in [1.807, 2.05) is 31.2 Å². The Morgan fingerprint density at radius 2 is 1.92 bits per heavy atom. The predicted octanol–water partition coefficient (Wildman–Crippen LogP) is 4.80. The molecule has 2 aromatic carbocycles. The maximum atomic E-state index is 12.7. The largest absolute Gasteiger partial charge is 0.486 e. The topological polar surface area (TPSA) is 60.5 Å². The van der Waals surface area contributed by atoms with Gasteiger partial charge in [-0.1, -0.05) is 29.8 Å². The van der Waals surface area contributed by atoms with Crippen LogP contribution in [0.15, 0.2) is 42.5 Å². The number of hydrogen-bond acceptors (Lipinski definition) is 5. The molecule has 7 heteroatoms. The van der Waals surface area contributed by atoms with E-state index in [0.29, 0.717) is 46.0 Å². The highest BCUT2D eigenvalue weighted by Crippen LogP contribution is 2.35. The molecule has 0 aliphatic carbocycles. The number of amides is 1. The number of nitrogens with one attached hydrogen (secondary N) is 1. The molecule has 1 amide bonds. The highest BCUT2D eigenvalue weighted by molar-refractivity contribution is 7.17. The Kier molecular flexibility index (Phi) is 4.53. The number of carbonyl (C=O) groups is 1. The summed E-state index contributed by atoms with van der Waals surface area (Å²) in [6.07, 6.45) is 0. The lowest BCUT2D eigenvalue weighted by Gasteiger charge is -2.18. The lowest BCUT2D eigenvalue weighted by molar-refractivity contribution is 0.102. The van der Waals surface area contributed by atoms with Crippen LogP contribution in [0.25, 0.3) is 10.6 Å². The highest BCUT2D eigenvalue weighted by atomic mass is 35.5. The molecule has 0 unspecified atom stereocenters. The third-order valence-corrected chi connectivity index (χ3v) is 5.43. The first-order valence-electron chi connectivity index (χ1n) is 8.05. The Morgan fingerprint density at radius 1 is 1.15 bits per heavy atom. The van der Waals surface area contributed by atoms with Crippen molar-refractivity contribution in [3.8, 4) is 22.1 Å². The third kappa shape index (κ3) is 3.25. The number of thiazole rings is 1. The molecule has 1 aromatic heterocycles. The Morgan fingerprint density at radius 3 is 2.73 bits per heavy atom. The smallest absolute Gasteiger partial charge is 0.267 e. The molecule has 1 aliphatic rings. The molecule has 0 spiro atoms. The standard InChI is InChI=1S/C19H15ClN2O3S/c1-11-17(26-19(21-11)13-4-2-3-5-14(13)20)18(23)22-12-6-7-15-16(10-12)25-9-8-24-15/h2-7,10H,8-9H2,1H3,(H,22,23). The van der Waals surface area contributed by atoms with Crippen LogP contribution in [-0.4, -0.2) is 24.1 Å². The van der Waals surface area contributed by atoms with E-state index in [4.69, 9.17) is 21.1 Å². The summed E-state index contributed by atoms with van der Waals surface area (Å²) in [4.78, 5) is 17.7. The number of nitrogens with zero attached hydrogens (tertiary/aromatic N) is 1. The number of anilines is 1. The maximum absolute atomic E-state index is 12.7. The van der Waals surface area contributed by atoms with Gasteiger partial charge in [-0.2, -0.15) is 0 Å². The molecular formula is C19H15ClN2O3S. The number of hydrogen-bond donors (Lipinski definition) is 1. The third-order valence-electron chi connectivity index (χ3n) is 3.91. The Labute approximate surface area is 159 Å². The van der Waals surface area contributed by atoms with E-state index < -0.39 is 0 Å². The quantitative estimate of drug-likeness (QED) is 0.702. The fraction of sp³-hybridized carbons (Fsp3) is 0.158. The van der Waals surface area contributed by atoms with Crippen molar-refractivity contribution < 1.29 is 14.3 Å². The molecule has 0 saturated carbocycles. The Balaban J connectivity index is 1.58. The highest BCUT2D eigenvalue weighted by Gasteiger charge is 2.19. The van der Waals surface area contributed by atoms with Gasteiger partial charge < -0.3 is 14.8 Å². The zero-order valence-corrected chi connectivity index (χ0v) is 15.5. The maximum Gasteiger partial charge on any atom is 0.267 e. The van der Waals surface area contributed by atoms with Gasteiger partial charge in [0.15, 0.2) is 11.5 Å². The Bertz CT molecular complexity index is 987. The zero-order valence-electron chi connectivity index (χ0n) is 13.9. The minimum absolute atomic E-state index is 0.213. The van der Waals surface area contributed by atoms with Gasteiger partial charge >= 0.3 is 0 Å². The van der Waals surface area contributed by atoms with Crippen molar-refractivity contribution in [2.75, 3.05) is 18.5 Å². The lowest BCUT2D eigenvalue weighted by Crippen LogP contribution is -2.16.